The summed E-state index contributed by atoms with van der Waals surface area (Å²) >= 11 is 0. The van der Waals surface area contributed by atoms with E-state index in [1.54, 1.807) is 0 Å². The van der Waals surface area contributed by atoms with Crippen LogP contribution in [-0.4, -0.2) is 59.2 Å². The molecule has 1 saturated heterocycles. The van der Waals surface area contributed by atoms with Crippen LogP contribution in [0.3, 0.4) is 0 Å². The molecule has 2 rings (SSSR count). The average molecular weight is 253 g/mol. The minimum atomic E-state index is 0.115. The van der Waals surface area contributed by atoms with E-state index in [1.165, 1.54) is 12.0 Å². The molecule has 0 saturated carbocycles. The van der Waals surface area contributed by atoms with E-state index in [9.17, 15) is 0 Å². The highest BCUT2D eigenvalue weighted by molar-refractivity contribution is 5.05. The molecule has 1 N–H and O–H groups in total. The lowest BCUT2D eigenvalue weighted by Crippen LogP contribution is -2.26. The standard InChI is InChI=1S/C13H23N3O2/c1-15-10-13(9-14-15)8-12-2-3-16(11-12)4-6-18-7-5-17/h9-10,12,17H,2-8,11H2,1H3. The summed E-state index contributed by atoms with van der Waals surface area (Å²) in [7, 11) is 1.96. The molecule has 18 heavy (non-hydrogen) atoms. The number of ether oxygens (including phenoxy) is 1. The zero-order valence-corrected chi connectivity index (χ0v) is 11.1. The Morgan fingerprint density at radius 1 is 1.50 bits per heavy atom. The molecule has 1 aliphatic rings. The van der Waals surface area contributed by atoms with Gasteiger partial charge in [-0.25, -0.2) is 0 Å². The third-order valence-corrected chi connectivity index (χ3v) is 3.44. The quantitative estimate of drug-likeness (QED) is 0.710. The van der Waals surface area contributed by atoms with Crippen LogP contribution in [0.4, 0.5) is 0 Å². The number of hydrogen-bond donors (Lipinski definition) is 1. The Hall–Kier alpha value is -0.910. The lowest BCUT2D eigenvalue weighted by molar-refractivity contribution is 0.0775. The Labute approximate surface area is 108 Å². The minimum absolute atomic E-state index is 0.115. The summed E-state index contributed by atoms with van der Waals surface area (Å²) in [6, 6.07) is 0. The van der Waals surface area contributed by atoms with Crippen LogP contribution in [0.25, 0.3) is 0 Å². The van der Waals surface area contributed by atoms with E-state index in [4.69, 9.17) is 9.84 Å². The molecular weight excluding hydrogens is 230 g/mol. The molecule has 1 unspecified atom stereocenters. The molecule has 5 heteroatoms. The number of aromatic nitrogens is 2. The predicted octanol–water partition coefficient (Wildman–Crippen LogP) is 0.293. The number of aryl methyl sites for hydroxylation is 1. The molecule has 0 spiro atoms. The molecule has 0 aromatic carbocycles. The van der Waals surface area contributed by atoms with Crippen LogP contribution in [0.15, 0.2) is 12.4 Å². The monoisotopic (exact) mass is 253 g/mol. The minimum Gasteiger partial charge on any atom is -0.394 e. The topological polar surface area (TPSA) is 50.5 Å². The number of nitrogens with zero attached hydrogens (tertiary/aromatic N) is 3. The van der Waals surface area contributed by atoms with E-state index in [2.05, 4.69) is 16.2 Å². The summed E-state index contributed by atoms with van der Waals surface area (Å²) in [5.74, 6) is 0.743. The number of hydrogen-bond acceptors (Lipinski definition) is 4. The fraction of sp³-hybridized carbons (Fsp3) is 0.769. The Morgan fingerprint density at radius 2 is 2.39 bits per heavy atom. The molecule has 0 amide bonds. The van der Waals surface area contributed by atoms with Crippen LogP contribution in [-0.2, 0) is 18.2 Å². The van der Waals surface area contributed by atoms with Crippen molar-refractivity contribution in [2.75, 3.05) is 39.5 Å². The Bertz CT molecular complexity index is 354. The summed E-state index contributed by atoms with van der Waals surface area (Å²) in [6.45, 7) is 4.57. The van der Waals surface area contributed by atoms with Crippen LogP contribution >= 0.6 is 0 Å². The van der Waals surface area contributed by atoms with Crippen molar-refractivity contribution in [1.29, 1.82) is 0 Å². The molecule has 0 radical (unpaired) electrons. The zero-order valence-electron chi connectivity index (χ0n) is 11.1. The van der Waals surface area contributed by atoms with E-state index >= 15 is 0 Å². The van der Waals surface area contributed by atoms with Crippen LogP contribution in [0.5, 0.6) is 0 Å². The van der Waals surface area contributed by atoms with Gasteiger partial charge in [0.15, 0.2) is 0 Å². The van der Waals surface area contributed by atoms with E-state index < -0.39 is 0 Å². The van der Waals surface area contributed by atoms with Crippen molar-refractivity contribution in [3.05, 3.63) is 18.0 Å². The van der Waals surface area contributed by atoms with Crippen molar-refractivity contribution < 1.29 is 9.84 Å². The lowest BCUT2D eigenvalue weighted by atomic mass is 10.0. The number of aliphatic hydroxyl groups is 1. The van der Waals surface area contributed by atoms with Crippen molar-refractivity contribution in [3.8, 4) is 0 Å². The molecule has 5 nitrogen and oxygen atoms in total. The van der Waals surface area contributed by atoms with Crippen LogP contribution < -0.4 is 0 Å². The first-order valence-corrected chi connectivity index (χ1v) is 6.66. The van der Waals surface area contributed by atoms with Gasteiger partial charge in [0.05, 0.1) is 26.0 Å². The number of aliphatic hydroxyl groups excluding tert-OH is 1. The van der Waals surface area contributed by atoms with Crippen molar-refractivity contribution in [2.24, 2.45) is 13.0 Å². The van der Waals surface area contributed by atoms with Crippen LogP contribution in [0.1, 0.15) is 12.0 Å². The fourth-order valence-corrected chi connectivity index (χ4v) is 2.55. The summed E-state index contributed by atoms with van der Waals surface area (Å²) in [5, 5.41) is 12.8. The van der Waals surface area contributed by atoms with Gasteiger partial charge in [-0.2, -0.15) is 5.10 Å². The normalized spacial score (nSPS) is 20.7. The Balaban J connectivity index is 1.65. The fourth-order valence-electron chi connectivity index (χ4n) is 2.55. The summed E-state index contributed by atoms with van der Waals surface area (Å²) in [5.41, 5.74) is 1.33. The Kier molecular flexibility index (Phi) is 5.16. The first-order chi connectivity index (χ1) is 8.78. The zero-order chi connectivity index (χ0) is 12.8. The van der Waals surface area contributed by atoms with Gasteiger partial charge in [0, 0.05) is 26.3 Å². The molecule has 0 bridgehead atoms. The third-order valence-electron chi connectivity index (χ3n) is 3.44. The van der Waals surface area contributed by atoms with Gasteiger partial charge in [-0.15, -0.1) is 0 Å². The van der Waals surface area contributed by atoms with Crippen LogP contribution in [0, 0.1) is 5.92 Å². The average Bonchev–Trinajstić information content (AvgIpc) is 2.95. The van der Waals surface area contributed by atoms with Gasteiger partial charge >= 0.3 is 0 Å². The van der Waals surface area contributed by atoms with E-state index in [1.807, 2.05) is 17.9 Å². The maximum absolute atomic E-state index is 8.62. The van der Waals surface area contributed by atoms with Gasteiger partial charge in [0.25, 0.3) is 0 Å². The highest BCUT2D eigenvalue weighted by atomic mass is 16.5. The molecule has 1 aromatic heterocycles. The first kappa shape index (κ1) is 13.5. The van der Waals surface area contributed by atoms with Crippen LogP contribution in [0.2, 0.25) is 0 Å². The molecule has 1 aromatic rings. The number of likely N-dealkylation sites (tertiary alicyclic amines) is 1. The van der Waals surface area contributed by atoms with Gasteiger partial charge in [0.1, 0.15) is 0 Å². The van der Waals surface area contributed by atoms with E-state index in [0.29, 0.717) is 6.61 Å². The molecule has 1 fully saturated rings. The Morgan fingerprint density at radius 3 is 3.11 bits per heavy atom. The molecule has 2 heterocycles. The second kappa shape index (κ2) is 6.87. The molecule has 1 aliphatic heterocycles. The van der Waals surface area contributed by atoms with E-state index in [0.717, 1.165) is 38.6 Å². The molecule has 1 atom stereocenters. The second-order valence-corrected chi connectivity index (χ2v) is 5.02. The van der Waals surface area contributed by atoms with Gasteiger partial charge in [-0.1, -0.05) is 0 Å². The molecular formula is C13H23N3O2. The smallest absolute Gasteiger partial charge is 0.0698 e. The van der Waals surface area contributed by atoms with Crippen molar-refractivity contribution >= 4 is 0 Å². The molecule has 0 aliphatic carbocycles. The van der Waals surface area contributed by atoms with Gasteiger partial charge < -0.3 is 14.7 Å². The third kappa shape index (κ3) is 4.08. The van der Waals surface area contributed by atoms with Crippen molar-refractivity contribution in [2.45, 2.75) is 12.8 Å². The summed E-state index contributed by atoms with van der Waals surface area (Å²) in [6.07, 6.45) is 6.46. The van der Waals surface area contributed by atoms with Gasteiger partial charge in [0.2, 0.25) is 0 Å². The second-order valence-electron chi connectivity index (χ2n) is 5.02. The summed E-state index contributed by atoms with van der Waals surface area (Å²) in [4.78, 5) is 2.44. The maximum Gasteiger partial charge on any atom is 0.0698 e. The predicted molar refractivity (Wildman–Crippen MR) is 69.4 cm³/mol. The first-order valence-electron chi connectivity index (χ1n) is 6.66. The highest BCUT2D eigenvalue weighted by Crippen LogP contribution is 2.20. The van der Waals surface area contributed by atoms with Gasteiger partial charge in [-0.3, -0.25) is 4.68 Å². The van der Waals surface area contributed by atoms with E-state index in [-0.39, 0.29) is 6.61 Å². The number of rotatable bonds is 7. The largest absolute Gasteiger partial charge is 0.394 e. The maximum atomic E-state index is 8.62. The van der Waals surface area contributed by atoms with Crippen molar-refractivity contribution in [1.82, 2.24) is 14.7 Å². The lowest BCUT2D eigenvalue weighted by Gasteiger charge is -2.15. The summed E-state index contributed by atoms with van der Waals surface area (Å²) < 4.78 is 7.16. The van der Waals surface area contributed by atoms with Gasteiger partial charge in [-0.05, 0) is 30.9 Å². The SMILES string of the molecule is Cn1cc(CC2CCN(CCOCCO)C2)cn1. The highest BCUT2D eigenvalue weighted by Gasteiger charge is 2.22. The van der Waals surface area contributed by atoms with Crippen molar-refractivity contribution in [3.63, 3.8) is 0 Å². The molecule has 102 valence electrons.